The molecule has 0 radical (unpaired) electrons. The number of likely N-dealkylation sites (N-methyl/N-ethyl adjacent to an activating group) is 1. The summed E-state index contributed by atoms with van der Waals surface area (Å²) < 4.78 is 12.1. The Labute approximate surface area is 351 Å². The number of pyridine rings is 1. The molecule has 3 aromatic carbocycles. The summed E-state index contributed by atoms with van der Waals surface area (Å²) in [7, 11) is 1.32. The van der Waals surface area contributed by atoms with Crippen LogP contribution in [0.25, 0.3) is 22.4 Å². The average molecular weight is 840 g/mol. The Morgan fingerprint density at radius 2 is 1.63 bits per heavy atom. The minimum Gasteiger partial charge on any atom is -0.492 e. The Morgan fingerprint density at radius 3 is 2.25 bits per heavy atom. The number of nitriles is 1. The molecule has 9 N–H and O–H groups in total. The fraction of sp³-hybridized carbons (Fsp3) is 0.310. The standard InChI is InChI=1S/C42H46ClN9O8/c1-24-38(54)50-33(40(56)47-16-13-44)20-25-3-11-35(59-17-14-45)30(19-25)31-21-27(7-12-36(31)60-18-15-46)37(41(57)49-24)52(2)42(58)34(23-53)51-39(55)28-6-10-32(48-22-28)26-4-8-29(43)9-5-26/h3-12,19,21-22,24,33-34,37,53H,14-18,20,23,45-46H2,1-2H3,(H,47,56)(H,49,57)(H,50,54)(H,51,55)/t24-,33-,34-,37-/m0/s1. The summed E-state index contributed by atoms with van der Waals surface area (Å²) in [6.45, 7) is 0.877. The fourth-order valence-corrected chi connectivity index (χ4v) is 6.58. The third kappa shape index (κ3) is 10.9. The molecule has 18 heteroatoms. The Kier molecular flexibility index (Phi) is 15.5. The van der Waals surface area contributed by atoms with Crippen LogP contribution in [0.2, 0.25) is 5.02 Å². The molecule has 0 saturated heterocycles. The van der Waals surface area contributed by atoms with Crippen LogP contribution >= 0.6 is 11.6 Å². The molecule has 0 unspecified atom stereocenters. The van der Waals surface area contributed by atoms with Gasteiger partial charge in [-0.25, -0.2) is 0 Å². The molecule has 5 amide bonds. The lowest BCUT2D eigenvalue weighted by Crippen LogP contribution is -2.56. The normalized spacial score (nSPS) is 16.8. The lowest BCUT2D eigenvalue weighted by Gasteiger charge is -2.32. The molecule has 0 fully saturated rings. The van der Waals surface area contributed by atoms with Crippen LogP contribution in [0.3, 0.4) is 0 Å². The van der Waals surface area contributed by atoms with Gasteiger partial charge in [0.2, 0.25) is 23.6 Å². The number of hydrogen-bond donors (Lipinski definition) is 7. The van der Waals surface area contributed by atoms with Gasteiger partial charge in [-0.1, -0.05) is 35.9 Å². The maximum absolute atomic E-state index is 14.4. The number of amides is 5. The zero-order valence-corrected chi connectivity index (χ0v) is 33.7. The highest BCUT2D eigenvalue weighted by Crippen LogP contribution is 2.40. The van der Waals surface area contributed by atoms with E-state index in [1.165, 1.54) is 26.2 Å². The van der Waals surface area contributed by atoms with Gasteiger partial charge in [-0.05, 0) is 66.6 Å². The molecular formula is C42H46ClN9O8. The van der Waals surface area contributed by atoms with Crippen LogP contribution in [0, 0.1) is 11.3 Å². The topological polar surface area (TPSA) is 264 Å². The van der Waals surface area contributed by atoms with Crippen molar-refractivity contribution in [3.05, 3.63) is 101 Å². The van der Waals surface area contributed by atoms with Crippen molar-refractivity contribution >= 4 is 41.1 Å². The summed E-state index contributed by atoms with van der Waals surface area (Å²) >= 11 is 6.00. The number of benzene rings is 3. The number of aromatic nitrogens is 1. The molecule has 0 aliphatic carbocycles. The second-order valence-corrected chi connectivity index (χ2v) is 14.2. The molecule has 1 aliphatic rings. The summed E-state index contributed by atoms with van der Waals surface area (Å²) in [5.41, 5.74) is 14.8. The van der Waals surface area contributed by atoms with Crippen molar-refractivity contribution in [2.24, 2.45) is 11.5 Å². The van der Waals surface area contributed by atoms with Gasteiger partial charge in [0.25, 0.3) is 5.91 Å². The number of carbonyl (C=O) groups excluding carboxylic acids is 5. The van der Waals surface area contributed by atoms with Crippen molar-refractivity contribution in [3.8, 4) is 40.0 Å². The first-order valence-electron chi connectivity index (χ1n) is 19.0. The summed E-state index contributed by atoms with van der Waals surface area (Å²) in [4.78, 5) is 74.2. The molecule has 2 heterocycles. The molecule has 314 valence electrons. The number of ether oxygens (including phenoxy) is 2. The molecule has 5 rings (SSSR count). The first kappa shape index (κ1) is 44.5. The highest BCUT2D eigenvalue weighted by Gasteiger charge is 2.36. The Bertz CT molecular complexity index is 2230. The number of aliphatic hydroxyl groups is 1. The molecule has 4 bridgehead atoms. The fourth-order valence-electron chi connectivity index (χ4n) is 6.45. The zero-order chi connectivity index (χ0) is 43.3. The molecule has 4 atom stereocenters. The molecule has 0 spiro atoms. The number of fused-ring (bicyclic) bond motifs is 5. The number of nitrogens with zero attached hydrogens (tertiary/aromatic N) is 3. The van der Waals surface area contributed by atoms with Gasteiger partial charge in [-0.2, -0.15) is 5.26 Å². The van der Waals surface area contributed by atoms with E-state index in [2.05, 4.69) is 26.3 Å². The van der Waals surface area contributed by atoms with Crippen LogP contribution in [-0.2, 0) is 25.6 Å². The lowest BCUT2D eigenvalue weighted by molar-refractivity contribution is -0.142. The minimum absolute atomic E-state index is 0.0107. The maximum atomic E-state index is 14.4. The highest BCUT2D eigenvalue weighted by atomic mass is 35.5. The predicted octanol–water partition coefficient (Wildman–Crippen LogP) is 1.22. The Morgan fingerprint density at radius 1 is 0.967 bits per heavy atom. The monoisotopic (exact) mass is 839 g/mol. The summed E-state index contributed by atoms with van der Waals surface area (Å²) in [6, 6.07) is 16.5. The van der Waals surface area contributed by atoms with Crippen molar-refractivity contribution in [1.29, 1.82) is 5.26 Å². The van der Waals surface area contributed by atoms with Gasteiger partial charge in [0, 0.05) is 54.5 Å². The van der Waals surface area contributed by atoms with E-state index in [9.17, 15) is 29.1 Å². The van der Waals surface area contributed by atoms with E-state index in [1.807, 2.05) is 6.07 Å². The van der Waals surface area contributed by atoms with Gasteiger partial charge in [-0.15, -0.1) is 0 Å². The SMILES string of the molecule is C[C@@H]1NC(=O)[C@@H](N(C)C(=O)[C@H](CO)NC(=O)c2ccc(-c3ccc(Cl)cc3)nc2)c2ccc(OCCN)c(c2)-c2cc(ccc2OCCN)C[C@@H](C(=O)NCC#N)NC1=O. The van der Waals surface area contributed by atoms with Gasteiger partial charge in [0.15, 0.2) is 0 Å². The van der Waals surface area contributed by atoms with Gasteiger partial charge in [-0.3, -0.25) is 29.0 Å². The van der Waals surface area contributed by atoms with Gasteiger partial charge < -0.3 is 52.2 Å². The first-order valence-corrected chi connectivity index (χ1v) is 19.4. The van der Waals surface area contributed by atoms with E-state index >= 15 is 0 Å². The number of aliphatic hydroxyl groups excluding tert-OH is 1. The van der Waals surface area contributed by atoms with Crippen molar-refractivity contribution in [2.75, 3.05) is 46.5 Å². The van der Waals surface area contributed by atoms with Crippen LogP contribution in [0.4, 0.5) is 0 Å². The molecule has 0 saturated carbocycles. The Hall–Kier alpha value is -6.58. The predicted molar refractivity (Wildman–Crippen MR) is 221 cm³/mol. The third-order valence-electron chi connectivity index (χ3n) is 9.51. The Balaban J connectivity index is 1.55. The highest BCUT2D eigenvalue weighted by molar-refractivity contribution is 6.30. The summed E-state index contributed by atoms with van der Waals surface area (Å²) in [5.74, 6) is -3.01. The van der Waals surface area contributed by atoms with Crippen LogP contribution in [0.1, 0.15) is 34.5 Å². The largest absolute Gasteiger partial charge is 0.492 e. The van der Waals surface area contributed by atoms with E-state index in [0.29, 0.717) is 38.9 Å². The molecule has 17 nitrogen and oxygen atoms in total. The maximum Gasteiger partial charge on any atom is 0.253 e. The number of nitrogens with one attached hydrogen (secondary N) is 4. The van der Waals surface area contributed by atoms with Crippen LogP contribution < -0.4 is 42.2 Å². The van der Waals surface area contributed by atoms with E-state index in [4.69, 9.17) is 37.8 Å². The number of rotatable bonds is 14. The number of halogens is 1. The average Bonchev–Trinajstić information content (AvgIpc) is 3.25. The van der Waals surface area contributed by atoms with Crippen molar-refractivity contribution in [2.45, 2.75) is 37.5 Å². The quantitative estimate of drug-likeness (QED) is 0.0885. The summed E-state index contributed by atoms with van der Waals surface area (Å²) in [6.07, 6.45) is 1.32. The zero-order valence-electron chi connectivity index (χ0n) is 32.9. The molecule has 60 heavy (non-hydrogen) atoms. The smallest absolute Gasteiger partial charge is 0.253 e. The van der Waals surface area contributed by atoms with E-state index in [0.717, 1.165) is 10.5 Å². The third-order valence-corrected chi connectivity index (χ3v) is 9.76. The van der Waals surface area contributed by atoms with Crippen LogP contribution in [-0.4, -0.2) is 109 Å². The van der Waals surface area contributed by atoms with Gasteiger partial charge >= 0.3 is 0 Å². The van der Waals surface area contributed by atoms with Gasteiger partial charge in [0.1, 0.15) is 55.4 Å². The van der Waals surface area contributed by atoms with Crippen molar-refractivity contribution in [1.82, 2.24) is 31.2 Å². The van der Waals surface area contributed by atoms with E-state index in [1.54, 1.807) is 66.7 Å². The van der Waals surface area contributed by atoms with E-state index < -0.39 is 60.3 Å². The molecule has 1 aromatic heterocycles. The summed E-state index contributed by atoms with van der Waals surface area (Å²) in [5, 5.41) is 30.4. The second-order valence-electron chi connectivity index (χ2n) is 13.7. The number of carbonyl (C=O) groups is 5. The number of hydrogen-bond acceptors (Lipinski definition) is 12. The molecule has 1 aliphatic heterocycles. The van der Waals surface area contributed by atoms with Crippen LogP contribution in [0.15, 0.2) is 79.0 Å². The molecule has 4 aromatic rings. The van der Waals surface area contributed by atoms with Crippen LogP contribution in [0.5, 0.6) is 11.5 Å². The lowest BCUT2D eigenvalue weighted by atomic mass is 9.93. The van der Waals surface area contributed by atoms with Gasteiger partial charge in [0.05, 0.1) is 23.9 Å². The van der Waals surface area contributed by atoms with Crippen molar-refractivity contribution in [3.63, 3.8) is 0 Å². The number of nitrogens with two attached hydrogens (primary N) is 2. The minimum atomic E-state index is -1.52. The first-order chi connectivity index (χ1) is 28.9. The second kappa shape index (κ2) is 20.9. The molecular weight excluding hydrogens is 794 g/mol. The van der Waals surface area contributed by atoms with E-state index in [-0.39, 0.29) is 50.4 Å². The van der Waals surface area contributed by atoms with Crippen molar-refractivity contribution < 1.29 is 38.6 Å².